The number of piperidine rings is 1. The molecule has 1 N–H and O–H groups in total. The van der Waals surface area contributed by atoms with Gasteiger partial charge in [0.15, 0.2) is 0 Å². The fraction of sp³-hybridized carbons (Fsp3) is 0.208. The highest BCUT2D eigenvalue weighted by Gasteiger charge is 2.39. The van der Waals surface area contributed by atoms with Crippen molar-refractivity contribution in [1.82, 2.24) is 19.8 Å². The molecular weight excluding hydrogens is 425 g/mol. The van der Waals surface area contributed by atoms with Crippen molar-refractivity contribution in [2.75, 3.05) is 0 Å². The second-order valence-electron chi connectivity index (χ2n) is 8.14. The van der Waals surface area contributed by atoms with Gasteiger partial charge in [0.2, 0.25) is 11.8 Å². The first-order valence-corrected chi connectivity index (χ1v) is 10.4. The number of fused-ring (bicyclic) bond motifs is 1. The number of hydrogen-bond donors (Lipinski definition) is 1. The molecule has 0 saturated carbocycles. The van der Waals surface area contributed by atoms with Crippen LogP contribution in [0.5, 0.6) is 0 Å². The van der Waals surface area contributed by atoms with E-state index in [4.69, 9.17) is 5.26 Å². The summed E-state index contributed by atoms with van der Waals surface area (Å²) in [5.74, 6) is -1.14. The van der Waals surface area contributed by atoms with Gasteiger partial charge in [-0.2, -0.15) is 5.26 Å². The Morgan fingerprint density at radius 2 is 1.94 bits per heavy atom. The molecule has 1 fully saturated rings. The quantitative estimate of drug-likeness (QED) is 0.626. The minimum Gasteiger partial charge on any atom is -0.333 e. The molecule has 3 aromatic rings. The predicted molar refractivity (Wildman–Crippen MR) is 115 cm³/mol. The van der Waals surface area contributed by atoms with E-state index in [9.17, 15) is 18.8 Å². The van der Waals surface area contributed by atoms with Crippen molar-refractivity contribution in [2.24, 2.45) is 7.05 Å². The molecule has 0 aliphatic carbocycles. The van der Waals surface area contributed by atoms with Crippen molar-refractivity contribution < 1.29 is 18.8 Å². The summed E-state index contributed by atoms with van der Waals surface area (Å²) in [5, 5.41) is 11.2. The molecule has 2 aliphatic heterocycles. The topological polar surface area (TPSA) is 108 Å². The number of aromatic nitrogens is 2. The molecule has 1 unspecified atom stereocenters. The Morgan fingerprint density at radius 1 is 1.15 bits per heavy atom. The zero-order chi connectivity index (χ0) is 23.3. The van der Waals surface area contributed by atoms with Crippen LogP contribution in [0, 0.1) is 17.1 Å². The van der Waals surface area contributed by atoms with Crippen molar-refractivity contribution in [1.29, 1.82) is 5.26 Å². The van der Waals surface area contributed by atoms with Crippen molar-refractivity contribution in [3.05, 3.63) is 65.1 Å². The molecule has 2 aliphatic rings. The average Bonchev–Trinajstić information content (AvgIpc) is 3.33. The highest BCUT2D eigenvalue weighted by atomic mass is 19.1. The molecule has 9 heteroatoms. The first-order valence-electron chi connectivity index (χ1n) is 10.4. The summed E-state index contributed by atoms with van der Waals surface area (Å²) in [6.45, 7) is 0.262. The molecule has 5 rings (SSSR count). The van der Waals surface area contributed by atoms with E-state index in [1.54, 1.807) is 29.9 Å². The van der Waals surface area contributed by atoms with Gasteiger partial charge in [0, 0.05) is 37.3 Å². The number of aryl methyl sites for hydroxylation is 1. The van der Waals surface area contributed by atoms with Gasteiger partial charge in [-0.3, -0.25) is 19.7 Å². The van der Waals surface area contributed by atoms with Crippen molar-refractivity contribution >= 4 is 17.7 Å². The molecule has 1 atom stereocenters. The smallest absolute Gasteiger partial charge is 0.255 e. The second kappa shape index (κ2) is 7.67. The summed E-state index contributed by atoms with van der Waals surface area (Å²) in [6.07, 6.45) is 2.27. The van der Waals surface area contributed by atoms with Crippen LogP contribution in [-0.2, 0) is 23.2 Å². The molecule has 8 nitrogen and oxygen atoms in total. The van der Waals surface area contributed by atoms with E-state index in [-0.39, 0.29) is 35.9 Å². The Balaban J connectivity index is 1.44. The molecule has 33 heavy (non-hydrogen) atoms. The van der Waals surface area contributed by atoms with Gasteiger partial charge in [0.1, 0.15) is 17.7 Å². The lowest BCUT2D eigenvalue weighted by Gasteiger charge is -2.29. The maximum absolute atomic E-state index is 14.5. The molecule has 3 amide bonds. The van der Waals surface area contributed by atoms with Crippen LogP contribution in [0.25, 0.3) is 22.6 Å². The summed E-state index contributed by atoms with van der Waals surface area (Å²) in [6, 6.07) is 10.8. The highest BCUT2D eigenvalue weighted by Crippen LogP contribution is 2.32. The normalized spacial score (nSPS) is 17.7. The maximum Gasteiger partial charge on any atom is 0.255 e. The van der Waals surface area contributed by atoms with Crippen molar-refractivity contribution in [2.45, 2.75) is 25.4 Å². The van der Waals surface area contributed by atoms with E-state index in [2.05, 4.69) is 10.3 Å². The van der Waals surface area contributed by atoms with Crippen LogP contribution in [0.3, 0.4) is 0 Å². The van der Waals surface area contributed by atoms with Gasteiger partial charge in [0.05, 0.1) is 22.9 Å². The number of hydrogen-bond acceptors (Lipinski definition) is 5. The minimum atomic E-state index is -0.674. The van der Waals surface area contributed by atoms with Crippen LogP contribution in [0.4, 0.5) is 4.39 Å². The first kappa shape index (κ1) is 20.6. The number of amides is 3. The fourth-order valence-electron chi connectivity index (χ4n) is 4.36. The lowest BCUT2D eigenvalue weighted by atomic mass is 10.0. The third-order valence-electron chi connectivity index (χ3n) is 6.03. The van der Waals surface area contributed by atoms with Crippen LogP contribution in [-0.4, -0.2) is 38.2 Å². The van der Waals surface area contributed by atoms with E-state index in [0.717, 1.165) is 11.1 Å². The maximum atomic E-state index is 14.5. The number of carbonyl (C=O) groups excluding carboxylic acids is 3. The standard InChI is InChI=1S/C24H18FN5O3/c1-29-12-19(27-22(29)17-4-2-13(10-26)8-18(17)25)14-3-5-16-15(9-14)11-30(24(16)33)20-6-7-21(31)28-23(20)32/h2-5,8-9,12,20H,6-7,11H2,1H3,(H,28,31,32). The average molecular weight is 443 g/mol. The Labute approximate surface area is 188 Å². The molecular formula is C24H18FN5O3. The Kier molecular flexibility index (Phi) is 4.78. The first-order chi connectivity index (χ1) is 15.9. The molecule has 1 saturated heterocycles. The molecule has 0 radical (unpaired) electrons. The summed E-state index contributed by atoms with van der Waals surface area (Å²) < 4.78 is 16.2. The van der Waals surface area contributed by atoms with Crippen molar-refractivity contribution in [3.63, 3.8) is 0 Å². The molecule has 3 heterocycles. The Bertz CT molecular complexity index is 1390. The third kappa shape index (κ3) is 3.46. The van der Waals surface area contributed by atoms with Crippen LogP contribution in [0.2, 0.25) is 0 Å². The van der Waals surface area contributed by atoms with Gasteiger partial charge in [-0.05, 0) is 42.3 Å². The van der Waals surface area contributed by atoms with Gasteiger partial charge >= 0.3 is 0 Å². The van der Waals surface area contributed by atoms with Gasteiger partial charge in [-0.1, -0.05) is 6.07 Å². The zero-order valence-electron chi connectivity index (χ0n) is 17.6. The molecule has 2 aromatic carbocycles. The number of rotatable bonds is 3. The SMILES string of the molecule is Cn1cc(-c2ccc3c(c2)CN(C2CCC(=O)NC2=O)C3=O)nc1-c1ccc(C#N)cc1F. The van der Waals surface area contributed by atoms with Gasteiger partial charge in [0.25, 0.3) is 5.91 Å². The van der Waals surface area contributed by atoms with E-state index in [0.29, 0.717) is 23.5 Å². The number of nitrogens with one attached hydrogen (secondary N) is 1. The predicted octanol–water partition coefficient (Wildman–Crippen LogP) is 2.53. The third-order valence-corrected chi connectivity index (χ3v) is 6.03. The Hall–Kier alpha value is -4.32. The number of imide groups is 1. The number of halogens is 1. The monoisotopic (exact) mass is 443 g/mol. The van der Waals surface area contributed by atoms with E-state index >= 15 is 0 Å². The number of carbonyl (C=O) groups is 3. The van der Waals surface area contributed by atoms with E-state index < -0.39 is 17.8 Å². The molecule has 1 aromatic heterocycles. The molecule has 0 bridgehead atoms. The van der Waals surface area contributed by atoms with Crippen LogP contribution >= 0.6 is 0 Å². The van der Waals surface area contributed by atoms with Gasteiger partial charge in [-0.25, -0.2) is 9.37 Å². The van der Waals surface area contributed by atoms with Crippen LogP contribution in [0.1, 0.15) is 34.3 Å². The van der Waals surface area contributed by atoms with Crippen molar-refractivity contribution in [3.8, 4) is 28.7 Å². The minimum absolute atomic E-state index is 0.199. The van der Waals surface area contributed by atoms with Gasteiger partial charge in [-0.15, -0.1) is 0 Å². The number of nitrogens with zero attached hydrogens (tertiary/aromatic N) is 4. The summed E-state index contributed by atoms with van der Waals surface area (Å²) >= 11 is 0. The molecule has 164 valence electrons. The van der Waals surface area contributed by atoms with Crippen LogP contribution < -0.4 is 5.32 Å². The van der Waals surface area contributed by atoms with E-state index in [1.807, 2.05) is 12.1 Å². The number of imidazole rings is 1. The Morgan fingerprint density at radius 3 is 2.67 bits per heavy atom. The lowest BCUT2D eigenvalue weighted by molar-refractivity contribution is -0.136. The zero-order valence-corrected chi connectivity index (χ0v) is 17.6. The lowest BCUT2D eigenvalue weighted by Crippen LogP contribution is -2.52. The summed E-state index contributed by atoms with van der Waals surface area (Å²) in [7, 11) is 1.76. The number of nitriles is 1. The largest absolute Gasteiger partial charge is 0.333 e. The fourth-order valence-corrected chi connectivity index (χ4v) is 4.36. The highest BCUT2D eigenvalue weighted by molar-refractivity contribution is 6.05. The summed E-state index contributed by atoms with van der Waals surface area (Å²) in [5.41, 5.74) is 3.14. The second-order valence-corrected chi connectivity index (χ2v) is 8.14. The van der Waals surface area contributed by atoms with Crippen LogP contribution in [0.15, 0.2) is 42.6 Å². The van der Waals surface area contributed by atoms with E-state index in [1.165, 1.54) is 23.1 Å². The molecule has 0 spiro atoms. The van der Waals surface area contributed by atoms with Gasteiger partial charge < -0.3 is 9.47 Å². The number of benzene rings is 2. The summed E-state index contributed by atoms with van der Waals surface area (Å²) in [4.78, 5) is 42.6.